The molecule has 3 aromatic carbocycles. The van der Waals surface area contributed by atoms with Crippen LogP contribution < -0.4 is 9.75 Å². The Kier molecular flexibility index (Phi) is 5.38. The summed E-state index contributed by atoms with van der Waals surface area (Å²) in [6.45, 7) is 11.7. The minimum absolute atomic E-state index is 0.271. The van der Waals surface area contributed by atoms with Crippen molar-refractivity contribution in [3.8, 4) is 11.3 Å². The molecule has 4 heteroatoms. The van der Waals surface area contributed by atoms with Crippen LogP contribution in [-0.4, -0.2) is 8.07 Å². The van der Waals surface area contributed by atoms with Crippen molar-refractivity contribution in [3.63, 3.8) is 0 Å². The van der Waals surface area contributed by atoms with Crippen molar-refractivity contribution in [2.75, 3.05) is 0 Å². The number of aromatic nitrogens is 1. The molecule has 0 aliphatic heterocycles. The summed E-state index contributed by atoms with van der Waals surface area (Å²) in [6.07, 6.45) is 5.32. The third-order valence-corrected chi connectivity index (χ3v) is 10.5. The number of fused-ring (bicyclic) bond motifs is 4. The molecule has 1 aliphatic carbocycles. The topological polar surface area (TPSA) is 17.0 Å². The first kappa shape index (κ1) is 23.4. The third-order valence-electron chi connectivity index (χ3n) is 8.45. The average Bonchev–Trinajstić information content (AvgIpc) is 3.48. The molecule has 2 nitrogen and oxygen atoms in total. The van der Waals surface area contributed by atoms with Crippen molar-refractivity contribution in [1.29, 1.82) is 0 Å². The third kappa shape index (κ3) is 3.61. The highest BCUT2D eigenvalue weighted by molar-refractivity contribution is 6.90. The van der Waals surface area contributed by atoms with E-state index in [4.69, 9.17) is 4.42 Å². The monoisotopic (exact) mass is 496 g/mol. The van der Waals surface area contributed by atoms with Crippen molar-refractivity contribution in [2.45, 2.75) is 65.1 Å². The lowest BCUT2D eigenvalue weighted by molar-refractivity contribution is -0.633. The predicted molar refractivity (Wildman–Crippen MR) is 151 cm³/mol. The molecule has 5 aromatic rings. The molecule has 0 atom stereocenters. The Morgan fingerprint density at radius 1 is 0.889 bits per heavy atom. The van der Waals surface area contributed by atoms with Crippen LogP contribution in [0.1, 0.15) is 48.3 Å². The Morgan fingerprint density at radius 3 is 2.36 bits per heavy atom. The fourth-order valence-corrected chi connectivity index (χ4v) is 7.87. The molecule has 6 rings (SSSR count). The van der Waals surface area contributed by atoms with Crippen molar-refractivity contribution in [2.24, 2.45) is 7.05 Å². The number of furan rings is 1. The number of nitrogens with zero attached hydrogens (tertiary/aromatic N) is 1. The molecule has 2 aromatic heterocycles. The first-order valence-corrected chi connectivity index (χ1v) is 16.7. The van der Waals surface area contributed by atoms with Gasteiger partial charge in [-0.15, -0.1) is 0 Å². The van der Waals surface area contributed by atoms with E-state index in [1.165, 1.54) is 76.3 Å². The van der Waals surface area contributed by atoms with Gasteiger partial charge in [0.05, 0.1) is 13.6 Å². The molecule has 0 saturated heterocycles. The van der Waals surface area contributed by atoms with E-state index in [1.807, 2.05) is 6.07 Å². The van der Waals surface area contributed by atoms with Crippen LogP contribution in [0.25, 0.3) is 44.1 Å². The number of rotatable bonds is 3. The van der Waals surface area contributed by atoms with Gasteiger partial charge in [0.15, 0.2) is 0 Å². The van der Waals surface area contributed by atoms with Crippen LogP contribution in [0.15, 0.2) is 52.9 Å². The van der Waals surface area contributed by atoms with E-state index in [1.54, 1.807) is 0 Å². The molecule has 0 amide bonds. The average molecular weight is 497 g/mol. The molecular formula is C32H35FNOSi+. The summed E-state index contributed by atoms with van der Waals surface area (Å²) in [5.74, 6) is 0.426. The molecule has 36 heavy (non-hydrogen) atoms. The lowest BCUT2D eigenvalue weighted by Gasteiger charge is -2.21. The molecule has 1 fully saturated rings. The number of hydrogen-bond acceptors (Lipinski definition) is 1. The zero-order valence-corrected chi connectivity index (χ0v) is 23.3. The summed E-state index contributed by atoms with van der Waals surface area (Å²) >= 11 is 0. The van der Waals surface area contributed by atoms with Gasteiger partial charge in [0.25, 0.3) is 0 Å². The van der Waals surface area contributed by atoms with Crippen LogP contribution in [0.4, 0.5) is 4.39 Å². The number of benzene rings is 3. The Labute approximate surface area is 213 Å². The van der Waals surface area contributed by atoms with Crippen LogP contribution in [0, 0.1) is 19.7 Å². The Balaban J connectivity index is 1.69. The summed E-state index contributed by atoms with van der Waals surface area (Å²) in [4.78, 5) is 0. The molecule has 2 heterocycles. The smallest absolute Gasteiger partial charge is 0.216 e. The Bertz CT molecular complexity index is 1670. The second kappa shape index (κ2) is 8.27. The lowest BCUT2D eigenvalue weighted by Crippen LogP contribution is -2.43. The van der Waals surface area contributed by atoms with E-state index >= 15 is 0 Å². The maximum atomic E-state index is 14.1. The van der Waals surface area contributed by atoms with Gasteiger partial charge < -0.3 is 4.42 Å². The maximum Gasteiger partial charge on any atom is 0.216 e. The number of pyridine rings is 1. The van der Waals surface area contributed by atoms with Crippen LogP contribution in [0.5, 0.6) is 0 Å². The first-order chi connectivity index (χ1) is 17.1. The van der Waals surface area contributed by atoms with E-state index < -0.39 is 8.07 Å². The number of aryl methyl sites for hydroxylation is 2. The van der Waals surface area contributed by atoms with Gasteiger partial charge in [-0.25, -0.2) is 4.39 Å². The SMILES string of the molecule is Cc1cc2c(oc3cc(F)ccc32)c(-c2cc([Si](C)(C)C)c3cc(C4CCCC4)ccc3[n+]2C)c1C. The van der Waals surface area contributed by atoms with E-state index in [0.717, 1.165) is 21.9 Å². The second-order valence-corrected chi connectivity index (χ2v) is 16.9. The standard InChI is InChI=1S/C32H35FNOSi/c1-19-15-25-24-13-12-23(33)17-29(24)35-32(25)31(20(19)2)28-18-30(36(4,5)6)26-16-22(21-9-7-8-10-21)11-14-27(26)34(28)3/h11-18,21H,7-10H2,1-6H3/q+1. The van der Waals surface area contributed by atoms with E-state index in [9.17, 15) is 4.39 Å². The zero-order chi connectivity index (χ0) is 25.4. The summed E-state index contributed by atoms with van der Waals surface area (Å²) in [6, 6.07) is 16.7. The van der Waals surface area contributed by atoms with E-state index in [2.05, 4.69) is 75.4 Å². The second-order valence-electron chi connectivity index (χ2n) is 11.8. The van der Waals surface area contributed by atoms with Gasteiger partial charge in [-0.1, -0.05) is 38.5 Å². The minimum Gasteiger partial charge on any atom is -0.455 e. The molecule has 0 radical (unpaired) electrons. The van der Waals surface area contributed by atoms with Crippen molar-refractivity contribution >= 4 is 46.1 Å². The van der Waals surface area contributed by atoms with Crippen LogP contribution >= 0.6 is 0 Å². The van der Waals surface area contributed by atoms with Crippen LogP contribution in [0.2, 0.25) is 19.6 Å². The van der Waals surface area contributed by atoms with Gasteiger partial charge in [-0.05, 0) is 78.7 Å². The molecule has 0 spiro atoms. The molecule has 0 bridgehead atoms. The van der Waals surface area contributed by atoms with Crippen molar-refractivity contribution in [3.05, 3.63) is 71.0 Å². The summed E-state index contributed by atoms with van der Waals surface area (Å²) in [5.41, 5.74) is 8.93. The minimum atomic E-state index is -1.68. The van der Waals surface area contributed by atoms with Crippen molar-refractivity contribution < 1.29 is 13.4 Å². The largest absolute Gasteiger partial charge is 0.455 e. The van der Waals surface area contributed by atoms with Gasteiger partial charge in [-0.3, -0.25) is 0 Å². The highest BCUT2D eigenvalue weighted by Crippen LogP contribution is 2.40. The van der Waals surface area contributed by atoms with Gasteiger partial charge in [0, 0.05) is 34.4 Å². The summed E-state index contributed by atoms with van der Waals surface area (Å²) in [7, 11) is 0.499. The van der Waals surface area contributed by atoms with Gasteiger partial charge in [0.1, 0.15) is 24.0 Å². The highest BCUT2D eigenvalue weighted by atomic mass is 28.3. The Hall–Kier alpha value is -2.98. The zero-order valence-electron chi connectivity index (χ0n) is 22.3. The highest BCUT2D eigenvalue weighted by Gasteiger charge is 2.30. The van der Waals surface area contributed by atoms with Crippen molar-refractivity contribution in [1.82, 2.24) is 0 Å². The molecule has 184 valence electrons. The quantitative estimate of drug-likeness (QED) is 0.182. The Morgan fingerprint density at radius 2 is 1.64 bits per heavy atom. The van der Waals surface area contributed by atoms with Crippen LogP contribution in [-0.2, 0) is 7.05 Å². The van der Waals surface area contributed by atoms with E-state index in [-0.39, 0.29) is 5.82 Å². The van der Waals surface area contributed by atoms with E-state index in [0.29, 0.717) is 11.5 Å². The molecular weight excluding hydrogens is 461 g/mol. The maximum absolute atomic E-state index is 14.1. The fourth-order valence-electron chi connectivity index (χ4n) is 6.30. The van der Waals surface area contributed by atoms with Gasteiger partial charge in [-0.2, -0.15) is 4.57 Å². The molecule has 0 N–H and O–H groups in total. The molecule has 1 aliphatic rings. The van der Waals surface area contributed by atoms with Crippen LogP contribution in [0.3, 0.4) is 0 Å². The molecule has 0 unspecified atom stereocenters. The fraction of sp³-hybridized carbons (Fsp3) is 0.344. The molecule has 1 saturated carbocycles. The number of halogens is 1. The van der Waals surface area contributed by atoms with Gasteiger partial charge in [0.2, 0.25) is 11.2 Å². The normalized spacial score (nSPS) is 15.1. The predicted octanol–water partition coefficient (Wildman–Crippen LogP) is 8.19. The first-order valence-electron chi connectivity index (χ1n) is 13.2. The lowest BCUT2D eigenvalue weighted by atomic mass is 9.94. The summed E-state index contributed by atoms with van der Waals surface area (Å²) in [5, 5.41) is 4.90. The number of hydrogen-bond donors (Lipinski definition) is 0. The van der Waals surface area contributed by atoms with Gasteiger partial charge >= 0.3 is 0 Å². The summed E-state index contributed by atoms with van der Waals surface area (Å²) < 4.78 is 22.8.